The molecule has 0 saturated carbocycles. The van der Waals surface area contributed by atoms with E-state index in [-0.39, 0.29) is 24.8 Å². The molecule has 0 saturated heterocycles. The Morgan fingerprint density at radius 3 is 2.52 bits per heavy atom. The van der Waals surface area contributed by atoms with Gasteiger partial charge in [0, 0.05) is 19.1 Å². The number of methoxy groups -OCH3 is 1. The molecule has 0 fully saturated rings. The Morgan fingerprint density at radius 2 is 1.95 bits per heavy atom. The van der Waals surface area contributed by atoms with Gasteiger partial charge in [0.05, 0.1) is 18.8 Å². The molecule has 0 radical (unpaired) electrons. The molecule has 0 rings (SSSR count). The zero-order valence-electron chi connectivity index (χ0n) is 13.7. The average molecular weight is 300 g/mol. The van der Waals surface area contributed by atoms with Crippen LogP contribution >= 0.6 is 0 Å². The molecule has 122 valence electrons. The summed E-state index contributed by atoms with van der Waals surface area (Å²) in [5.74, 6) is -0.376. The van der Waals surface area contributed by atoms with Gasteiger partial charge in [-0.05, 0) is 27.2 Å². The summed E-state index contributed by atoms with van der Waals surface area (Å²) >= 11 is 0. The number of allylic oxidation sites excluding steroid dienone is 2. The summed E-state index contributed by atoms with van der Waals surface area (Å²) < 4.78 is 15.0. The van der Waals surface area contributed by atoms with Gasteiger partial charge >= 0.3 is 5.97 Å². The van der Waals surface area contributed by atoms with E-state index >= 15 is 0 Å². The number of rotatable bonds is 10. The van der Waals surface area contributed by atoms with Crippen LogP contribution in [-0.2, 0) is 19.0 Å². The van der Waals surface area contributed by atoms with Gasteiger partial charge in [-0.2, -0.15) is 0 Å². The molecule has 0 heterocycles. The number of hydrogen-bond acceptors (Lipinski definition) is 5. The molecule has 0 aromatic rings. The van der Waals surface area contributed by atoms with Gasteiger partial charge in [-0.15, -0.1) is 0 Å². The maximum Gasteiger partial charge on any atom is 0.330 e. The van der Waals surface area contributed by atoms with Gasteiger partial charge in [-0.25, -0.2) is 4.79 Å². The number of esters is 1. The lowest BCUT2D eigenvalue weighted by Crippen LogP contribution is -2.29. The van der Waals surface area contributed by atoms with Crippen molar-refractivity contribution < 1.29 is 24.1 Å². The molecular weight excluding hydrogens is 272 g/mol. The van der Waals surface area contributed by atoms with Crippen LogP contribution in [0, 0.1) is 5.92 Å². The average Bonchev–Trinajstić information content (AvgIpc) is 2.47. The van der Waals surface area contributed by atoms with Crippen LogP contribution in [0.1, 0.15) is 34.1 Å². The summed E-state index contributed by atoms with van der Waals surface area (Å²) in [4.78, 5) is 11.2. The van der Waals surface area contributed by atoms with Crippen molar-refractivity contribution in [3.63, 3.8) is 0 Å². The van der Waals surface area contributed by atoms with Crippen molar-refractivity contribution in [1.29, 1.82) is 0 Å². The summed E-state index contributed by atoms with van der Waals surface area (Å²) in [5.41, 5.74) is 0.903. The molecule has 0 aliphatic carbocycles. The highest BCUT2D eigenvalue weighted by atomic mass is 16.7. The highest BCUT2D eigenvalue weighted by molar-refractivity contribution is 5.82. The van der Waals surface area contributed by atoms with Crippen LogP contribution in [0.25, 0.3) is 0 Å². The zero-order valence-corrected chi connectivity index (χ0v) is 13.7. The standard InChI is InChI=1S/C16H28O5/c1-6-20-16(18)10-8-12(2)7-9-15(17)13(3)14(4)21-11-19-5/h7-8,10,13-15,17H,6,9,11H2,1-5H3/b10-8+,12-7+/t13-,14+,15-/m0/s1. The van der Waals surface area contributed by atoms with Crippen molar-refractivity contribution in [2.24, 2.45) is 5.92 Å². The first-order valence-electron chi connectivity index (χ1n) is 7.22. The van der Waals surface area contributed by atoms with Gasteiger partial charge in [0.2, 0.25) is 0 Å². The maximum atomic E-state index is 11.2. The van der Waals surface area contributed by atoms with Crippen molar-refractivity contribution in [3.8, 4) is 0 Å². The molecule has 21 heavy (non-hydrogen) atoms. The fraction of sp³-hybridized carbons (Fsp3) is 0.688. The minimum atomic E-state index is -0.511. The second kappa shape index (κ2) is 11.5. The van der Waals surface area contributed by atoms with Gasteiger partial charge in [0.1, 0.15) is 6.79 Å². The van der Waals surface area contributed by atoms with Crippen LogP contribution in [0.2, 0.25) is 0 Å². The number of ether oxygens (including phenoxy) is 3. The third-order valence-corrected chi connectivity index (χ3v) is 3.25. The van der Waals surface area contributed by atoms with Gasteiger partial charge in [0.25, 0.3) is 0 Å². The number of hydrogen-bond donors (Lipinski definition) is 1. The SMILES string of the molecule is CCOC(=O)/C=C/C(C)=C/C[C@H](O)[C@@H](C)[C@@H](C)OCOC. The number of carbonyl (C=O) groups excluding carboxylic acids is 1. The number of carbonyl (C=O) groups is 1. The van der Waals surface area contributed by atoms with E-state index in [1.807, 2.05) is 26.8 Å². The van der Waals surface area contributed by atoms with Crippen LogP contribution < -0.4 is 0 Å². The van der Waals surface area contributed by atoms with E-state index in [2.05, 4.69) is 0 Å². The molecule has 1 N–H and O–H groups in total. The van der Waals surface area contributed by atoms with E-state index in [0.29, 0.717) is 13.0 Å². The second-order valence-corrected chi connectivity index (χ2v) is 4.97. The Labute approximate surface area is 127 Å². The predicted molar refractivity (Wildman–Crippen MR) is 81.7 cm³/mol. The normalized spacial score (nSPS) is 16.8. The van der Waals surface area contributed by atoms with Crippen LogP contribution in [0.15, 0.2) is 23.8 Å². The van der Waals surface area contributed by atoms with Crippen molar-refractivity contribution >= 4 is 5.97 Å². The Morgan fingerprint density at radius 1 is 1.29 bits per heavy atom. The minimum Gasteiger partial charge on any atom is -0.463 e. The van der Waals surface area contributed by atoms with Crippen molar-refractivity contribution in [1.82, 2.24) is 0 Å². The molecule has 0 amide bonds. The molecule has 0 bridgehead atoms. The Balaban J connectivity index is 4.27. The van der Waals surface area contributed by atoms with E-state index in [0.717, 1.165) is 5.57 Å². The maximum absolute atomic E-state index is 11.2. The molecule has 0 spiro atoms. The van der Waals surface area contributed by atoms with Gasteiger partial charge < -0.3 is 19.3 Å². The molecule has 5 nitrogen and oxygen atoms in total. The number of aliphatic hydroxyl groups is 1. The molecule has 0 aromatic carbocycles. The fourth-order valence-electron chi connectivity index (χ4n) is 1.62. The molecule has 5 heteroatoms. The summed E-state index contributed by atoms with van der Waals surface area (Å²) in [6.07, 6.45) is 4.85. The monoisotopic (exact) mass is 300 g/mol. The molecule has 3 atom stereocenters. The quantitative estimate of drug-likeness (QED) is 0.290. The molecule has 0 unspecified atom stereocenters. The highest BCUT2D eigenvalue weighted by Crippen LogP contribution is 2.16. The minimum absolute atomic E-state index is 0.0155. The first-order chi connectivity index (χ1) is 9.92. The lowest BCUT2D eigenvalue weighted by Gasteiger charge is -2.24. The molecular formula is C16H28O5. The summed E-state index contributed by atoms with van der Waals surface area (Å²) in [5, 5.41) is 10.1. The van der Waals surface area contributed by atoms with Crippen LogP contribution in [-0.4, -0.2) is 43.8 Å². The van der Waals surface area contributed by atoms with E-state index in [4.69, 9.17) is 14.2 Å². The van der Waals surface area contributed by atoms with Gasteiger partial charge in [-0.1, -0.05) is 24.6 Å². The second-order valence-electron chi connectivity index (χ2n) is 4.97. The van der Waals surface area contributed by atoms with E-state index < -0.39 is 6.10 Å². The first-order valence-corrected chi connectivity index (χ1v) is 7.22. The third-order valence-electron chi connectivity index (χ3n) is 3.25. The summed E-state index contributed by atoms with van der Waals surface area (Å²) in [6.45, 7) is 8.06. The van der Waals surface area contributed by atoms with Crippen LogP contribution in [0.5, 0.6) is 0 Å². The van der Waals surface area contributed by atoms with Gasteiger partial charge in [0.15, 0.2) is 0 Å². The lowest BCUT2D eigenvalue weighted by atomic mass is 9.96. The van der Waals surface area contributed by atoms with Crippen LogP contribution in [0.4, 0.5) is 0 Å². The van der Waals surface area contributed by atoms with E-state index in [9.17, 15) is 9.90 Å². The number of aliphatic hydroxyl groups excluding tert-OH is 1. The molecule has 0 aliphatic heterocycles. The zero-order chi connectivity index (χ0) is 16.3. The predicted octanol–water partition coefficient (Wildman–Crippen LogP) is 2.45. The van der Waals surface area contributed by atoms with Gasteiger partial charge in [-0.3, -0.25) is 0 Å². The fourth-order valence-corrected chi connectivity index (χ4v) is 1.62. The summed E-state index contributed by atoms with van der Waals surface area (Å²) in [6, 6.07) is 0. The Kier molecular flexibility index (Phi) is 10.8. The first kappa shape index (κ1) is 19.8. The van der Waals surface area contributed by atoms with Crippen molar-refractivity contribution in [2.45, 2.75) is 46.3 Å². The van der Waals surface area contributed by atoms with Crippen molar-refractivity contribution in [3.05, 3.63) is 23.8 Å². The van der Waals surface area contributed by atoms with E-state index in [1.165, 1.54) is 6.08 Å². The molecule has 0 aliphatic rings. The van der Waals surface area contributed by atoms with E-state index in [1.54, 1.807) is 20.1 Å². The van der Waals surface area contributed by atoms with Crippen LogP contribution in [0.3, 0.4) is 0 Å². The Bertz CT molecular complexity index is 349. The largest absolute Gasteiger partial charge is 0.463 e. The highest BCUT2D eigenvalue weighted by Gasteiger charge is 2.20. The summed E-state index contributed by atoms with van der Waals surface area (Å²) in [7, 11) is 1.57. The topological polar surface area (TPSA) is 65.0 Å². The van der Waals surface area contributed by atoms with Crippen molar-refractivity contribution in [2.75, 3.05) is 20.5 Å². The molecule has 0 aromatic heterocycles. The smallest absolute Gasteiger partial charge is 0.330 e. The lowest BCUT2D eigenvalue weighted by molar-refractivity contribution is -0.137. The Hall–Kier alpha value is -1.17. The third kappa shape index (κ3) is 9.39.